The second-order valence-electron chi connectivity index (χ2n) is 5.32. The maximum Gasteiger partial charge on any atom is 0.125 e. The van der Waals surface area contributed by atoms with Crippen molar-refractivity contribution in [1.29, 1.82) is 0 Å². The number of likely N-dealkylation sites (tertiary alicyclic amines) is 1. The number of rotatable bonds is 4. The minimum atomic E-state index is -0.264. The minimum Gasteiger partial charge on any atom is -0.330 e. The lowest BCUT2D eigenvalue weighted by molar-refractivity contribution is 0.0958. The molecule has 19 heavy (non-hydrogen) atoms. The van der Waals surface area contributed by atoms with Crippen molar-refractivity contribution in [3.63, 3.8) is 0 Å². The Balaban J connectivity index is 2.33. The van der Waals surface area contributed by atoms with E-state index in [1.54, 1.807) is 6.07 Å². The fourth-order valence-electron chi connectivity index (χ4n) is 3.17. The van der Waals surface area contributed by atoms with Crippen molar-refractivity contribution in [2.45, 2.75) is 32.2 Å². The number of halogens is 2. The molecule has 1 saturated heterocycles. The van der Waals surface area contributed by atoms with Crippen LogP contribution in [0.3, 0.4) is 0 Å². The highest BCUT2D eigenvalue weighted by Crippen LogP contribution is 2.36. The standard InChI is InChI=1S/C15H22ClFN2/c1-2-5-19-6-3-4-11(10-18)15(19)12-7-13(16)9-14(17)8-12/h7-9,11,15H,2-6,10,18H2,1H3. The van der Waals surface area contributed by atoms with E-state index in [1.165, 1.54) is 12.5 Å². The highest BCUT2D eigenvalue weighted by molar-refractivity contribution is 6.30. The lowest BCUT2D eigenvalue weighted by Crippen LogP contribution is -2.42. The molecule has 0 radical (unpaired) electrons. The summed E-state index contributed by atoms with van der Waals surface area (Å²) in [5.74, 6) is 0.124. The van der Waals surface area contributed by atoms with Crippen LogP contribution < -0.4 is 5.73 Å². The van der Waals surface area contributed by atoms with Gasteiger partial charge < -0.3 is 5.73 Å². The Morgan fingerprint density at radius 2 is 2.21 bits per heavy atom. The first-order valence-electron chi connectivity index (χ1n) is 7.05. The average Bonchev–Trinajstić information content (AvgIpc) is 2.37. The third-order valence-electron chi connectivity index (χ3n) is 3.90. The predicted octanol–water partition coefficient (Wildman–Crippen LogP) is 3.60. The second-order valence-corrected chi connectivity index (χ2v) is 5.76. The first-order valence-corrected chi connectivity index (χ1v) is 7.43. The molecule has 4 heteroatoms. The monoisotopic (exact) mass is 284 g/mol. The highest BCUT2D eigenvalue weighted by atomic mass is 35.5. The summed E-state index contributed by atoms with van der Waals surface area (Å²) in [4.78, 5) is 2.42. The smallest absolute Gasteiger partial charge is 0.125 e. The van der Waals surface area contributed by atoms with Gasteiger partial charge >= 0.3 is 0 Å². The Bertz CT molecular complexity index is 402. The van der Waals surface area contributed by atoms with Crippen molar-refractivity contribution in [2.24, 2.45) is 11.7 Å². The van der Waals surface area contributed by atoms with Gasteiger partial charge in [0.2, 0.25) is 0 Å². The van der Waals surface area contributed by atoms with Gasteiger partial charge in [-0.05, 0) is 68.6 Å². The topological polar surface area (TPSA) is 29.3 Å². The molecular formula is C15H22ClFN2. The molecule has 1 heterocycles. The molecule has 0 aromatic heterocycles. The molecule has 1 fully saturated rings. The number of piperidine rings is 1. The van der Waals surface area contributed by atoms with Crippen LogP contribution in [-0.4, -0.2) is 24.5 Å². The van der Waals surface area contributed by atoms with E-state index in [-0.39, 0.29) is 11.9 Å². The molecule has 0 bridgehead atoms. The van der Waals surface area contributed by atoms with E-state index >= 15 is 0 Å². The summed E-state index contributed by atoms with van der Waals surface area (Å²) in [5.41, 5.74) is 6.88. The van der Waals surface area contributed by atoms with Crippen molar-refractivity contribution in [3.05, 3.63) is 34.6 Å². The summed E-state index contributed by atoms with van der Waals surface area (Å²) in [6, 6.07) is 5.04. The molecule has 1 aromatic rings. The molecule has 2 rings (SSSR count). The molecule has 0 amide bonds. The van der Waals surface area contributed by atoms with Crippen LogP contribution in [-0.2, 0) is 0 Å². The van der Waals surface area contributed by atoms with Gasteiger partial charge in [-0.3, -0.25) is 4.90 Å². The summed E-state index contributed by atoms with van der Waals surface area (Å²) < 4.78 is 13.6. The van der Waals surface area contributed by atoms with Crippen molar-refractivity contribution in [1.82, 2.24) is 4.90 Å². The maximum atomic E-state index is 13.6. The molecular weight excluding hydrogens is 263 g/mol. The Hall–Kier alpha value is -0.640. The van der Waals surface area contributed by atoms with Crippen molar-refractivity contribution < 1.29 is 4.39 Å². The Kier molecular flexibility index (Phi) is 5.20. The first kappa shape index (κ1) is 14.8. The van der Waals surface area contributed by atoms with Crippen molar-refractivity contribution in [3.8, 4) is 0 Å². The van der Waals surface area contributed by atoms with Gasteiger partial charge in [0.05, 0.1) is 0 Å². The van der Waals surface area contributed by atoms with Gasteiger partial charge in [-0.1, -0.05) is 18.5 Å². The largest absolute Gasteiger partial charge is 0.330 e. The van der Waals surface area contributed by atoms with E-state index in [2.05, 4.69) is 11.8 Å². The Morgan fingerprint density at radius 1 is 1.42 bits per heavy atom. The van der Waals surface area contributed by atoms with Gasteiger partial charge in [0, 0.05) is 11.1 Å². The van der Waals surface area contributed by atoms with E-state index in [1.807, 2.05) is 6.07 Å². The predicted molar refractivity (Wildman–Crippen MR) is 77.8 cm³/mol. The molecule has 2 atom stereocenters. The van der Waals surface area contributed by atoms with Crippen LogP contribution in [0, 0.1) is 11.7 Å². The number of nitrogens with zero attached hydrogens (tertiary/aromatic N) is 1. The van der Waals surface area contributed by atoms with Gasteiger partial charge in [0.1, 0.15) is 5.82 Å². The van der Waals surface area contributed by atoms with Crippen LogP contribution in [0.2, 0.25) is 5.02 Å². The Morgan fingerprint density at radius 3 is 2.84 bits per heavy atom. The number of nitrogens with two attached hydrogens (primary N) is 1. The molecule has 1 aliphatic rings. The van der Waals surface area contributed by atoms with Crippen LogP contribution in [0.25, 0.3) is 0 Å². The molecule has 0 spiro atoms. The zero-order valence-corrected chi connectivity index (χ0v) is 12.2. The molecule has 0 saturated carbocycles. The second kappa shape index (κ2) is 6.69. The quantitative estimate of drug-likeness (QED) is 0.915. The van der Waals surface area contributed by atoms with Crippen LogP contribution >= 0.6 is 11.6 Å². The SMILES string of the molecule is CCCN1CCCC(CN)C1c1cc(F)cc(Cl)c1. The van der Waals surface area contributed by atoms with E-state index in [0.29, 0.717) is 17.5 Å². The van der Waals surface area contributed by atoms with Crippen LogP contribution in [0.4, 0.5) is 4.39 Å². The van der Waals surface area contributed by atoms with Gasteiger partial charge in [0.15, 0.2) is 0 Å². The van der Waals surface area contributed by atoms with E-state index in [0.717, 1.165) is 31.5 Å². The summed E-state index contributed by atoms with van der Waals surface area (Å²) in [6.07, 6.45) is 3.37. The van der Waals surface area contributed by atoms with E-state index in [4.69, 9.17) is 17.3 Å². The summed E-state index contributed by atoms with van der Waals surface area (Å²) >= 11 is 6.00. The van der Waals surface area contributed by atoms with Crippen LogP contribution in [0.5, 0.6) is 0 Å². The molecule has 0 aliphatic carbocycles. The molecule has 1 aromatic carbocycles. The van der Waals surface area contributed by atoms with Gasteiger partial charge in [-0.2, -0.15) is 0 Å². The summed E-state index contributed by atoms with van der Waals surface area (Å²) in [6.45, 7) is 4.89. The molecule has 1 aliphatic heterocycles. The van der Waals surface area contributed by atoms with Crippen molar-refractivity contribution in [2.75, 3.05) is 19.6 Å². The van der Waals surface area contributed by atoms with Gasteiger partial charge in [-0.15, -0.1) is 0 Å². The zero-order chi connectivity index (χ0) is 13.8. The molecule has 2 unspecified atom stereocenters. The number of benzene rings is 1. The minimum absolute atomic E-state index is 0.201. The van der Waals surface area contributed by atoms with Crippen molar-refractivity contribution >= 4 is 11.6 Å². The van der Waals surface area contributed by atoms with E-state index < -0.39 is 0 Å². The summed E-state index contributed by atoms with van der Waals surface area (Å²) in [7, 11) is 0. The van der Waals surface area contributed by atoms with Gasteiger partial charge in [-0.25, -0.2) is 4.39 Å². The maximum absolute atomic E-state index is 13.6. The Labute approximate surface area is 119 Å². The zero-order valence-electron chi connectivity index (χ0n) is 11.4. The molecule has 106 valence electrons. The first-order chi connectivity index (χ1) is 9.15. The number of hydrogen-bond acceptors (Lipinski definition) is 2. The molecule has 2 N–H and O–H groups in total. The lowest BCUT2D eigenvalue weighted by atomic mass is 9.84. The fourth-order valence-corrected chi connectivity index (χ4v) is 3.40. The third-order valence-corrected chi connectivity index (χ3v) is 4.12. The average molecular weight is 285 g/mol. The van der Waals surface area contributed by atoms with Crippen LogP contribution in [0.15, 0.2) is 18.2 Å². The fraction of sp³-hybridized carbons (Fsp3) is 0.600. The number of hydrogen-bond donors (Lipinski definition) is 1. The van der Waals surface area contributed by atoms with E-state index in [9.17, 15) is 4.39 Å². The van der Waals surface area contributed by atoms with Crippen LogP contribution in [0.1, 0.15) is 37.8 Å². The third kappa shape index (κ3) is 3.47. The normalized spacial score (nSPS) is 24.6. The van der Waals surface area contributed by atoms with Gasteiger partial charge in [0.25, 0.3) is 0 Å². The molecule has 2 nitrogen and oxygen atoms in total. The lowest BCUT2D eigenvalue weighted by Gasteiger charge is -2.41. The summed E-state index contributed by atoms with van der Waals surface area (Å²) in [5, 5.41) is 0.466. The highest BCUT2D eigenvalue weighted by Gasteiger charge is 2.31.